The number of aliphatic hydroxyl groups is 1. The van der Waals surface area contributed by atoms with Crippen molar-refractivity contribution in [3.8, 4) is 0 Å². The first-order valence-corrected chi connectivity index (χ1v) is 5.99. The predicted molar refractivity (Wildman–Crippen MR) is 55.4 cm³/mol. The van der Waals surface area contributed by atoms with Gasteiger partial charge in [0.25, 0.3) is 0 Å². The third kappa shape index (κ3) is 2.89. The Morgan fingerprint density at radius 2 is 2.06 bits per heavy atom. The van der Waals surface area contributed by atoms with Crippen molar-refractivity contribution in [1.29, 1.82) is 0 Å². The maximum atomic E-state index is 13.1. The summed E-state index contributed by atoms with van der Waals surface area (Å²) in [5.74, 6) is -1.80. The van der Waals surface area contributed by atoms with Crippen molar-refractivity contribution < 1.29 is 22.3 Å². The zero-order valence-corrected chi connectivity index (χ0v) is 9.26. The number of halogens is 2. The fourth-order valence-electron chi connectivity index (χ4n) is 0.924. The molecule has 7 heteroatoms. The minimum Gasteiger partial charge on any atom is -0.395 e. The number of rotatable bonds is 4. The first kappa shape index (κ1) is 12.9. The number of hydrogen-bond donors (Lipinski definition) is 2. The van der Waals surface area contributed by atoms with Gasteiger partial charge in [-0.2, -0.15) is 0 Å². The maximum Gasteiger partial charge on any atom is 0.237 e. The molecule has 1 unspecified atom stereocenters. The first-order valence-electron chi connectivity index (χ1n) is 4.44. The molecular formula is C9H11F2NO3S. The summed E-state index contributed by atoms with van der Waals surface area (Å²) in [6.07, 6.45) is 0. The molecule has 0 saturated heterocycles. The number of hydrogen-bond acceptors (Lipinski definition) is 3. The zero-order valence-electron chi connectivity index (χ0n) is 8.44. The van der Waals surface area contributed by atoms with Crippen LogP contribution in [0.1, 0.15) is 6.92 Å². The van der Waals surface area contributed by atoms with Gasteiger partial charge in [-0.05, 0) is 19.1 Å². The standard InChI is InChI=1S/C9H11F2NO3S/c1-6(5-13)16(14,15)12-9-3-2-7(10)4-8(9)11/h2-4,6,12-13H,5H2,1H3. The van der Waals surface area contributed by atoms with Gasteiger partial charge >= 0.3 is 0 Å². The van der Waals surface area contributed by atoms with Gasteiger partial charge in [0, 0.05) is 6.07 Å². The minimum atomic E-state index is -3.86. The molecule has 2 N–H and O–H groups in total. The van der Waals surface area contributed by atoms with Gasteiger partial charge in [0.1, 0.15) is 16.9 Å². The molecule has 90 valence electrons. The normalized spacial score (nSPS) is 13.5. The smallest absolute Gasteiger partial charge is 0.237 e. The number of anilines is 1. The maximum absolute atomic E-state index is 13.1. The molecule has 0 aliphatic heterocycles. The Hall–Kier alpha value is -1.21. The van der Waals surface area contributed by atoms with Crippen LogP contribution in [0.3, 0.4) is 0 Å². The second kappa shape index (κ2) is 4.75. The number of sulfonamides is 1. The van der Waals surface area contributed by atoms with Gasteiger partial charge in [-0.25, -0.2) is 17.2 Å². The van der Waals surface area contributed by atoms with Crippen molar-refractivity contribution in [1.82, 2.24) is 0 Å². The Bertz CT molecular complexity index is 476. The fourth-order valence-corrected chi connectivity index (χ4v) is 1.79. The van der Waals surface area contributed by atoms with Crippen LogP contribution in [-0.2, 0) is 10.0 Å². The Labute approximate surface area is 92.0 Å². The van der Waals surface area contributed by atoms with Crippen molar-refractivity contribution in [3.05, 3.63) is 29.8 Å². The number of aliphatic hydroxyl groups excluding tert-OH is 1. The number of benzene rings is 1. The van der Waals surface area contributed by atoms with Crippen LogP contribution in [0, 0.1) is 11.6 Å². The highest BCUT2D eigenvalue weighted by molar-refractivity contribution is 7.93. The van der Waals surface area contributed by atoms with Crippen LogP contribution in [0.25, 0.3) is 0 Å². The molecule has 16 heavy (non-hydrogen) atoms. The summed E-state index contributed by atoms with van der Waals surface area (Å²) >= 11 is 0. The lowest BCUT2D eigenvalue weighted by Gasteiger charge is -2.12. The van der Waals surface area contributed by atoms with E-state index in [9.17, 15) is 17.2 Å². The van der Waals surface area contributed by atoms with E-state index < -0.39 is 33.5 Å². The van der Waals surface area contributed by atoms with E-state index in [0.29, 0.717) is 6.07 Å². The Morgan fingerprint density at radius 3 is 2.56 bits per heavy atom. The lowest BCUT2D eigenvalue weighted by Crippen LogP contribution is -2.28. The summed E-state index contributed by atoms with van der Waals surface area (Å²) in [4.78, 5) is 0. The lowest BCUT2D eigenvalue weighted by atomic mass is 10.3. The van der Waals surface area contributed by atoms with Gasteiger partial charge < -0.3 is 5.11 Å². The van der Waals surface area contributed by atoms with Crippen LogP contribution in [0.2, 0.25) is 0 Å². The largest absolute Gasteiger partial charge is 0.395 e. The van der Waals surface area contributed by atoms with Crippen LogP contribution in [0.15, 0.2) is 18.2 Å². The highest BCUT2D eigenvalue weighted by Gasteiger charge is 2.21. The van der Waals surface area contributed by atoms with Crippen LogP contribution in [0.4, 0.5) is 14.5 Å². The highest BCUT2D eigenvalue weighted by atomic mass is 32.2. The molecule has 0 bridgehead atoms. The monoisotopic (exact) mass is 251 g/mol. The SMILES string of the molecule is CC(CO)S(=O)(=O)Nc1ccc(F)cc1F. The summed E-state index contributed by atoms with van der Waals surface area (Å²) in [5, 5.41) is 7.62. The van der Waals surface area contributed by atoms with Crippen molar-refractivity contribution >= 4 is 15.7 Å². The molecule has 0 spiro atoms. The van der Waals surface area contributed by atoms with E-state index in [-0.39, 0.29) is 5.69 Å². The van der Waals surface area contributed by atoms with Crippen molar-refractivity contribution in [2.75, 3.05) is 11.3 Å². The molecule has 0 saturated carbocycles. The average molecular weight is 251 g/mol. The second-order valence-corrected chi connectivity index (χ2v) is 5.36. The third-order valence-electron chi connectivity index (χ3n) is 1.97. The molecule has 1 aromatic rings. The average Bonchev–Trinajstić information content (AvgIpc) is 2.21. The van der Waals surface area contributed by atoms with Gasteiger partial charge in [0.2, 0.25) is 10.0 Å². The topological polar surface area (TPSA) is 66.4 Å². The van der Waals surface area contributed by atoms with Crippen molar-refractivity contribution in [3.63, 3.8) is 0 Å². The molecule has 0 amide bonds. The molecule has 0 fully saturated rings. The highest BCUT2D eigenvalue weighted by Crippen LogP contribution is 2.17. The van der Waals surface area contributed by atoms with E-state index in [4.69, 9.17) is 5.11 Å². The Morgan fingerprint density at radius 1 is 1.44 bits per heavy atom. The van der Waals surface area contributed by atoms with Gasteiger partial charge in [0.05, 0.1) is 12.3 Å². The Kier molecular flexibility index (Phi) is 3.82. The molecule has 1 aromatic carbocycles. The van der Waals surface area contributed by atoms with Gasteiger partial charge in [0.15, 0.2) is 0 Å². The summed E-state index contributed by atoms with van der Waals surface area (Å²) in [5.41, 5.74) is -0.346. The van der Waals surface area contributed by atoms with Crippen LogP contribution in [0.5, 0.6) is 0 Å². The molecule has 0 aliphatic carbocycles. The molecule has 0 radical (unpaired) electrons. The quantitative estimate of drug-likeness (QED) is 0.841. The van der Waals surface area contributed by atoms with Gasteiger partial charge in [-0.15, -0.1) is 0 Å². The fraction of sp³-hybridized carbons (Fsp3) is 0.333. The molecular weight excluding hydrogens is 240 g/mol. The summed E-state index contributed by atoms with van der Waals surface area (Å²) in [6, 6.07) is 2.48. The second-order valence-electron chi connectivity index (χ2n) is 3.26. The summed E-state index contributed by atoms with van der Waals surface area (Å²) < 4.78 is 50.5. The molecule has 1 rings (SSSR count). The predicted octanol–water partition coefficient (Wildman–Crippen LogP) is 1.09. The van der Waals surface area contributed by atoms with Gasteiger partial charge in [-0.3, -0.25) is 4.72 Å². The molecule has 0 heterocycles. The van der Waals surface area contributed by atoms with Crippen molar-refractivity contribution in [2.24, 2.45) is 0 Å². The van der Waals surface area contributed by atoms with E-state index in [2.05, 4.69) is 0 Å². The van der Waals surface area contributed by atoms with Crippen LogP contribution < -0.4 is 4.72 Å². The van der Waals surface area contributed by atoms with E-state index in [0.717, 1.165) is 12.1 Å². The van der Waals surface area contributed by atoms with Gasteiger partial charge in [-0.1, -0.05) is 0 Å². The first-order chi connectivity index (χ1) is 7.36. The lowest BCUT2D eigenvalue weighted by molar-refractivity contribution is 0.296. The van der Waals surface area contributed by atoms with E-state index in [1.54, 1.807) is 0 Å². The van der Waals surface area contributed by atoms with E-state index in [1.807, 2.05) is 4.72 Å². The zero-order chi connectivity index (χ0) is 12.3. The molecule has 0 aromatic heterocycles. The Balaban J connectivity index is 2.97. The molecule has 4 nitrogen and oxygen atoms in total. The van der Waals surface area contributed by atoms with E-state index >= 15 is 0 Å². The van der Waals surface area contributed by atoms with E-state index in [1.165, 1.54) is 6.92 Å². The third-order valence-corrected chi connectivity index (χ3v) is 3.68. The minimum absolute atomic E-state index is 0.346. The summed E-state index contributed by atoms with van der Waals surface area (Å²) in [7, 11) is -3.86. The van der Waals surface area contributed by atoms with Crippen molar-refractivity contribution in [2.45, 2.75) is 12.2 Å². The van der Waals surface area contributed by atoms with Crippen LogP contribution in [-0.4, -0.2) is 25.4 Å². The summed E-state index contributed by atoms with van der Waals surface area (Å²) in [6.45, 7) is 0.682. The molecule has 0 aliphatic rings. The molecule has 1 atom stereocenters. The van der Waals surface area contributed by atoms with Crippen LogP contribution >= 0.6 is 0 Å². The number of nitrogens with one attached hydrogen (secondary N) is 1.